The molecule has 0 radical (unpaired) electrons. The van der Waals surface area contributed by atoms with Crippen LogP contribution in [0.1, 0.15) is 20.3 Å². The van der Waals surface area contributed by atoms with Gasteiger partial charge in [-0.05, 0) is 43.8 Å². The van der Waals surface area contributed by atoms with Gasteiger partial charge >= 0.3 is 0 Å². The maximum absolute atomic E-state index is 12.7. The van der Waals surface area contributed by atoms with Crippen LogP contribution >= 0.6 is 0 Å². The van der Waals surface area contributed by atoms with Crippen LogP contribution in [0.3, 0.4) is 0 Å². The van der Waals surface area contributed by atoms with Crippen molar-refractivity contribution in [3.63, 3.8) is 0 Å². The lowest BCUT2D eigenvalue weighted by molar-refractivity contribution is 0.293. The molecule has 1 rings (SSSR count). The molecule has 0 fully saturated rings. The highest BCUT2D eigenvalue weighted by Crippen LogP contribution is 2.09. The highest BCUT2D eigenvalue weighted by molar-refractivity contribution is 7.89. The molecule has 0 saturated carbocycles. The van der Waals surface area contributed by atoms with Gasteiger partial charge in [0.1, 0.15) is 5.82 Å². The molecular formula is C13H21FN2O2S. The molecule has 0 aromatic heterocycles. The summed E-state index contributed by atoms with van der Waals surface area (Å²) in [4.78, 5) is 2.26. The van der Waals surface area contributed by atoms with Gasteiger partial charge < -0.3 is 4.90 Å². The van der Waals surface area contributed by atoms with Crippen molar-refractivity contribution in [2.24, 2.45) is 0 Å². The predicted molar refractivity (Wildman–Crippen MR) is 74.0 cm³/mol. The molecule has 0 amide bonds. The zero-order valence-corrected chi connectivity index (χ0v) is 12.2. The fourth-order valence-corrected chi connectivity index (χ4v) is 2.80. The number of rotatable bonds is 8. The van der Waals surface area contributed by atoms with Crippen molar-refractivity contribution in [3.05, 3.63) is 30.1 Å². The topological polar surface area (TPSA) is 49.4 Å². The van der Waals surface area contributed by atoms with Crippen LogP contribution in [0.5, 0.6) is 0 Å². The van der Waals surface area contributed by atoms with E-state index >= 15 is 0 Å². The molecule has 0 aliphatic heterocycles. The second kappa shape index (κ2) is 7.57. The van der Waals surface area contributed by atoms with Gasteiger partial charge in [0.25, 0.3) is 0 Å². The van der Waals surface area contributed by atoms with Crippen molar-refractivity contribution < 1.29 is 12.8 Å². The molecule has 0 unspecified atom stereocenters. The lowest BCUT2D eigenvalue weighted by Gasteiger charge is -2.19. The van der Waals surface area contributed by atoms with E-state index in [9.17, 15) is 12.8 Å². The summed E-state index contributed by atoms with van der Waals surface area (Å²) in [7, 11) is -3.54. The fourth-order valence-electron chi connectivity index (χ4n) is 1.78. The van der Waals surface area contributed by atoms with Crippen LogP contribution < -0.4 is 4.72 Å². The lowest BCUT2D eigenvalue weighted by Crippen LogP contribution is -2.35. The van der Waals surface area contributed by atoms with Crippen LogP contribution in [0, 0.1) is 5.82 Å². The van der Waals surface area contributed by atoms with E-state index in [1.807, 2.05) is 6.92 Å². The van der Waals surface area contributed by atoms with Gasteiger partial charge in [0, 0.05) is 13.1 Å². The third-order valence-corrected chi connectivity index (χ3v) is 4.31. The Balaban J connectivity index is 2.54. The van der Waals surface area contributed by atoms with Gasteiger partial charge in [0.15, 0.2) is 0 Å². The van der Waals surface area contributed by atoms with Crippen LogP contribution in [-0.4, -0.2) is 39.5 Å². The number of nitrogens with zero attached hydrogens (tertiary/aromatic N) is 1. The maximum atomic E-state index is 12.7. The third-order valence-electron chi connectivity index (χ3n) is 2.83. The van der Waals surface area contributed by atoms with Crippen molar-refractivity contribution in [1.29, 1.82) is 0 Å². The largest absolute Gasteiger partial charge is 0.302 e. The first-order chi connectivity index (χ1) is 8.99. The van der Waals surface area contributed by atoms with Crippen molar-refractivity contribution in [2.75, 3.05) is 26.2 Å². The Morgan fingerprint density at radius 3 is 2.32 bits per heavy atom. The first kappa shape index (κ1) is 16.1. The van der Waals surface area contributed by atoms with E-state index in [1.165, 1.54) is 12.1 Å². The monoisotopic (exact) mass is 288 g/mol. The predicted octanol–water partition coefficient (Wildman–Crippen LogP) is 1.84. The van der Waals surface area contributed by atoms with Crippen LogP contribution in [0.2, 0.25) is 0 Å². The van der Waals surface area contributed by atoms with Crippen molar-refractivity contribution in [1.82, 2.24) is 9.62 Å². The van der Waals surface area contributed by atoms with Gasteiger partial charge in [0.05, 0.1) is 4.90 Å². The first-order valence-corrected chi connectivity index (χ1v) is 7.95. The van der Waals surface area contributed by atoms with E-state index in [2.05, 4.69) is 16.5 Å². The molecular weight excluding hydrogens is 267 g/mol. The maximum Gasteiger partial charge on any atom is 0.240 e. The second-order valence-electron chi connectivity index (χ2n) is 4.29. The van der Waals surface area contributed by atoms with Gasteiger partial charge in [-0.15, -0.1) is 0 Å². The van der Waals surface area contributed by atoms with Gasteiger partial charge in [0.2, 0.25) is 10.0 Å². The molecule has 0 aliphatic rings. The average molecular weight is 288 g/mol. The number of benzene rings is 1. The highest BCUT2D eigenvalue weighted by Gasteiger charge is 2.13. The van der Waals surface area contributed by atoms with E-state index in [-0.39, 0.29) is 4.90 Å². The quantitative estimate of drug-likeness (QED) is 0.794. The van der Waals surface area contributed by atoms with Crippen LogP contribution in [0.25, 0.3) is 0 Å². The summed E-state index contributed by atoms with van der Waals surface area (Å²) in [5.41, 5.74) is 0. The summed E-state index contributed by atoms with van der Waals surface area (Å²) in [6.07, 6.45) is 1.04. The van der Waals surface area contributed by atoms with E-state index in [4.69, 9.17) is 0 Å². The number of sulfonamides is 1. The zero-order valence-electron chi connectivity index (χ0n) is 11.4. The Labute approximate surface area is 114 Å². The number of halogens is 1. The Morgan fingerprint density at radius 1 is 1.16 bits per heavy atom. The first-order valence-electron chi connectivity index (χ1n) is 6.47. The molecule has 108 valence electrons. The number of hydrogen-bond donors (Lipinski definition) is 1. The van der Waals surface area contributed by atoms with Crippen LogP contribution in [0.15, 0.2) is 29.2 Å². The van der Waals surface area contributed by atoms with Gasteiger partial charge in [-0.2, -0.15) is 0 Å². The second-order valence-corrected chi connectivity index (χ2v) is 6.05. The molecule has 0 bridgehead atoms. The highest BCUT2D eigenvalue weighted by atomic mass is 32.2. The summed E-state index contributed by atoms with van der Waals surface area (Å²) in [5.74, 6) is -0.445. The Bertz CT molecular complexity index is 474. The van der Waals surface area contributed by atoms with Gasteiger partial charge in [-0.3, -0.25) is 0 Å². The van der Waals surface area contributed by atoms with E-state index in [0.717, 1.165) is 31.6 Å². The van der Waals surface area contributed by atoms with E-state index in [0.29, 0.717) is 13.1 Å². The molecule has 19 heavy (non-hydrogen) atoms. The molecule has 0 spiro atoms. The normalized spacial score (nSPS) is 12.0. The van der Waals surface area contributed by atoms with Gasteiger partial charge in [-0.25, -0.2) is 17.5 Å². The summed E-state index contributed by atoms with van der Waals surface area (Å²) >= 11 is 0. The Hall–Kier alpha value is -0.980. The molecule has 6 heteroatoms. The smallest absolute Gasteiger partial charge is 0.240 e. The minimum absolute atomic E-state index is 0.0902. The molecule has 4 nitrogen and oxygen atoms in total. The minimum atomic E-state index is -3.54. The summed E-state index contributed by atoms with van der Waals surface area (Å²) in [5, 5.41) is 0. The molecule has 0 atom stereocenters. The summed E-state index contributed by atoms with van der Waals surface area (Å²) in [6.45, 7) is 7.01. The van der Waals surface area contributed by atoms with E-state index < -0.39 is 15.8 Å². The number of hydrogen-bond acceptors (Lipinski definition) is 3. The molecule has 1 aromatic carbocycles. The Kier molecular flexibility index (Phi) is 6.41. The number of likely N-dealkylation sites (N-methyl/N-ethyl adjacent to an activating group) is 1. The van der Waals surface area contributed by atoms with Crippen LogP contribution in [0.4, 0.5) is 4.39 Å². The summed E-state index contributed by atoms with van der Waals surface area (Å²) in [6, 6.07) is 4.82. The third kappa shape index (κ3) is 5.26. The van der Waals surface area contributed by atoms with Gasteiger partial charge in [-0.1, -0.05) is 13.8 Å². The lowest BCUT2D eigenvalue weighted by atomic mass is 10.4. The fraction of sp³-hybridized carbons (Fsp3) is 0.538. The standard InChI is InChI=1S/C13H21FN2O2S/c1-3-10-16(4-2)11-9-15-19(17,18)13-7-5-12(14)6-8-13/h5-8,15H,3-4,9-11H2,1-2H3. The average Bonchev–Trinajstić information content (AvgIpc) is 2.38. The van der Waals surface area contributed by atoms with Crippen molar-refractivity contribution in [3.8, 4) is 0 Å². The molecule has 1 N–H and O–H groups in total. The van der Waals surface area contributed by atoms with Crippen LogP contribution in [-0.2, 0) is 10.0 Å². The molecule has 1 aromatic rings. The molecule has 0 saturated heterocycles. The van der Waals surface area contributed by atoms with E-state index in [1.54, 1.807) is 0 Å². The zero-order chi connectivity index (χ0) is 14.3. The Morgan fingerprint density at radius 2 is 1.79 bits per heavy atom. The minimum Gasteiger partial charge on any atom is -0.302 e. The molecule has 0 aliphatic carbocycles. The SMILES string of the molecule is CCCN(CC)CCNS(=O)(=O)c1ccc(F)cc1. The van der Waals surface area contributed by atoms with Crippen molar-refractivity contribution in [2.45, 2.75) is 25.2 Å². The van der Waals surface area contributed by atoms with Crippen molar-refractivity contribution >= 4 is 10.0 Å². The summed E-state index contributed by atoms with van der Waals surface area (Å²) < 4.78 is 39.1. The number of nitrogens with one attached hydrogen (secondary N) is 1. The molecule has 0 heterocycles.